The van der Waals surface area contributed by atoms with Crippen molar-refractivity contribution in [2.24, 2.45) is 5.92 Å². The van der Waals surface area contributed by atoms with Crippen molar-refractivity contribution in [3.63, 3.8) is 0 Å². The first-order valence-electron chi connectivity index (χ1n) is 4.77. The van der Waals surface area contributed by atoms with Gasteiger partial charge in [-0.3, -0.25) is 0 Å². The molecule has 3 heteroatoms. The van der Waals surface area contributed by atoms with Crippen molar-refractivity contribution in [2.45, 2.75) is 13.8 Å². The number of nitrogen functional groups attached to an aromatic ring is 1. The van der Waals surface area contributed by atoms with E-state index in [9.17, 15) is 0 Å². The zero-order chi connectivity index (χ0) is 10.7. The number of hydrogen-bond donors (Lipinski definition) is 1. The van der Waals surface area contributed by atoms with E-state index in [1.54, 1.807) is 0 Å². The summed E-state index contributed by atoms with van der Waals surface area (Å²) in [5, 5.41) is 0.623. The first kappa shape index (κ1) is 11.2. The van der Waals surface area contributed by atoms with Gasteiger partial charge >= 0.3 is 0 Å². The second-order valence-corrected chi connectivity index (χ2v) is 4.35. The van der Waals surface area contributed by atoms with Crippen LogP contribution in [0.15, 0.2) is 18.2 Å². The molecule has 0 unspecified atom stereocenters. The summed E-state index contributed by atoms with van der Waals surface area (Å²) in [4.78, 5) is 2.13. The molecule has 0 bridgehead atoms. The molecule has 1 rings (SSSR count). The summed E-state index contributed by atoms with van der Waals surface area (Å²) < 4.78 is 0. The predicted molar refractivity (Wildman–Crippen MR) is 64.0 cm³/mol. The molecule has 0 fully saturated rings. The number of para-hydroxylation sites is 1. The van der Waals surface area contributed by atoms with Crippen LogP contribution < -0.4 is 10.6 Å². The summed E-state index contributed by atoms with van der Waals surface area (Å²) >= 11 is 5.94. The van der Waals surface area contributed by atoms with E-state index in [4.69, 9.17) is 17.3 Å². The summed E-state index contributed by atoms with van der Waals surface area (Å²) in [5.41, 5.74) is 7.56. The molecule has 0 saturated heterocycles. The molecule has 0 atom stereocenters. The number of hydrogen-bond acceptors (Lipinski definition) is 2. The van der Waals surface area contributed by atoms with Gasteiger partial charge in [0.1, 0.15) is 0 Å². The molecule has 0 aromatic heterocycles. The Balaban J connectivity index is 2.89. The molecule has 78 valence electrons. The first-order valence-corrected chi connectivity index (χ1v) is 5.15. The molecule has 2 N–H and O–H groups in total. The number of nitrogens with two attached hydrogens (primary N) is 1. The Kier molecular flexibility index (Phi) is 3.64. The van der Waals surface area contributed by atoms with Gasteiger partial charge in [0.2, 0.25) is 0 Å². The molecule has 14 heavy (non-hydrogen) atoms. The smallest absolute Gasteiger partial charge is 0.0741 e. The molecule has 0 heterocycles. The SMILES string of the molecule is CC(C)CN(C)c1cccc(Cl)c1N. The average Bonchev–Trinajstić information content (AvgIpc) is 2.08. The Bertz CT molecular complexity index is 310. The van der Waals surface area contributed by atoms with Crippen molar-refractivity contribution in [1.29, 1.82) is 0 Å². The Labute approximate surface area is 90.7 Å². The van der Waals surface area contributed by atoms with Crippen LogP contribution in [0.1, 0.15) is 13.8 Å². The van der Waals surface area contributed by atoms with Gasteiger partial charge in [-0.25, -0.2) is 0 Å². The number of benzene rings is 1. The second-order valence-electron chi connectivity index (χ2n) is 3.95. The third-order valence-corrected chi connectivity index (χ3v) is 2.41. The van der Waals surface area contributed by atoms with E-state index >= 15 is 0 Å². The Morgan fingerprint density at radius 3 is 2.64 bits per heavy atom. The minimum Gasteiger partial charge on any atom is -0.396 e. The standard InChI is InChI=1S/C11H17ClN2/c1-8(2)7-14(3)10-6-4-5-9(12)11(10)13/h4-6,8H,7,13H2,1-3H3. The van der Waals surface area contributed by atoms with Gasteiger partial charge in [-0.2, -0.15) is 0 Å². The zero-order valence-corrected chi connectivity index (χ0v) is 9.67. The van der Waals surface area contributed by atoms with Crippen molar-refractivity contribution in [3.05, 3.63) is 23.2 Å². The Morgan fingerprint density at radius 2 is 2.07 bits per heavy atom. The lowest BCUT2D eigenvalue weighted by molar-refractivity contribution is 0.639. The summed E-state index contributed by atoms with van der Waals surface area (Å²) in [6.07, 6.45) is 0. The van der Waals surface area contributed by atoms with Gasteiger partial charge < -0.3 is 10.6 Å². The fourth-order valence-electron chi connectivity index (χ4n) is 1.50. The van der Waals surface area contributed by atoms with Gasteiger partial charge in [0.05, 0.1) is 16.4 Å². The van der Waals surface area contributed by atoms with Crippen LogP contribution in [0.4, 0.5) is 11.4 Å². The van der Waals surface area contributed by atoms with Crippen molar-refractivity contribution in [2.75, 3.05) is 24.2 Å². The largest absolute Gasteiger partial charge is 0.396 e. The van der Waals surface area contributed by atoms with E-state index in [0.29, 0.717) is 16.6 Å². The number of halogens is 1. The van der Waals surface area contributed by atoms with E-state index in [1.165, 1.54) is 0 Å². The number of rotatable bonds is 3. The van der Waals surface area contributed by atoms with Gasteiger partial charge in [0.25, 0.3) is 0 Å². The highest BCUT2D eigenvalue weighted by Crippen LogP contribution is 2.29. The van der Waals surface area contributed by atoms with Crippen LogP contribution >= 0.6 is 11.6 Å². The highest BCUT2D eigenvalue weighted by atomic mass is 35.5. The maximum Gasteiger partial charge on any atom is 0.0741 e. The lowest BCUT2D eigenvalue weighted by atomic mass is 10.2. The van der Waals surface area contributed by atoms with Crippen molar-refractivity contribution in [3.8, 4) is 0 Å². The molecule has 0 spiro atoms. The molecule has 0 aliphatic carbocycles. The van der Waals surface area contributed by atoms with Crippen molar-refractivity contribution >= 4 is 23.0 Å². The van der Waals surface area contributed by atoms with Gasteiger partial charge in [0.15, 0.2) is 0 Å². The number of anilines is 2. The fraction of sp³-hybridized carbons (Fsp3) is 0.455. The van der Waals surface area contributed by atoms with Crippen LogP contribution in [0.5, 0.6) is 0 Å². The van der Waals surface area contributed by atoms with Crippen molar-refractivity contribution in [1.82, 2.24) is 0 Å². The summed E-state index contributed by atoms with van der Waals surface area (Å²) in [7, 11) is 2.03. The molecular weight excluding hydrogens is 196 g/mol. The lowest BCUT2D eigenvalue weighted by Crippen LogP contribution is -2.23. The normalized spacial score (nSPS) is 10.6. The van der Waals surface area contributed by atoms with Crippen LogP contribution in [0, 0.1) is 5.92 Å². The first-order chi connectivity index (χ1) is 6.52. The highest BCUT2D eigenvalue weighted by molar-refractivity contribution is 6.33. The van der Waals surface area contributed by atoms with Crippen LogP contribution in [0.3, 0.4) is 0 Å². The fourth-order valence-corrected chi connectivity index (χ4v) is 1.67. The summed E-state index contributed by atoms with van der Waals surface area (Å²) in [5.74, 6) is 0.610. The topological polar surface area (TPSA) is 29.3 Å². The van der Waals surface area contributed by atoms with Crippen LogP contribution in [-0.4, -0.2) is 13.6 Å². The molecule has 1 aromatic carbocycles. The van der Waals surface area contributed by atoms with Gasteiger partial charge in [-0.05, 0) is 18.1 Å². The van der Waals surface area contributed by atoms with Gasteiger partial charge in [0, 0.05) is 13.6 Å². The Morgan fingerprint density at radius 1 is 1.43 bits per heavy atom. The van der Waals surface area contributed by atoms with Crippen molar-refractivity contribution < 1.29 is 0 Å². The number of nitrogens with zero attached hydrogens (tertiary/aromatic N) is 1. The molecule has 0 aliphatic heterocycles. The molecule has 0 saturated carbocycles. The van der Waals surface area contributed by atoms with Crippen LogP contribution in [-0.2, 0) is 0 Å². The zero-order valence-electron chi connectivity index (χ0n) is 8.92. The summed E-state index contributed by atoms with van der Waals surface area (Å²) in [6, 6.07) is 5.72. The minimum atomic E-state index is 0.610. The summed E-state index contributed by atoms with van der Waals surface area (Å²) in [6.45, 7) is 5.33. The molecule has 0 radical (unpaired) electrons. The Hall–Kier alpha value is -0.890. The van der Waals surface area contributed by atoms with E-state index in [1.807, 2.05) is 25.2 Å². The van der Waals surface area contributed by atoms with Gasteiger partial charge in [-0.1, -0.05) is 31.5 Å². The minimum absolute atomic E-state index is 0.610. The van der Waals surface area contributed by atoms with Gasteiger partial charge in [-0.15, -0.1) is 0 Å². The third kappa shape index (κ3) is 2.55. The average molecular weight is 213 g/mol. The van der Waals surface area contributed by atoms with Crippen LogP contribution in [0.2, 0.25) is 5.02 Å². The predicted octanol–water partition coefficient (Wildman–Crippen LogP) is 3.01. The lowest BCUT2D eigenvalue weighted by Gasteiger charge is -2.23. The van der Waals surface area contributed by atoms with Crippen LogP contribution in [0.25, 0.3) is 0 Å². The highest BCUT2D eigenvalue weighted by Gasteiger charge is 2.08. The molecular formula is C11H17ClN2. The van der Waals surface area contributed by atoms with E-state index < -0.39 is 0 Å². The quantitative estimate of drug-likeness (QED) is 0.781. The molecule has 2 nitrogen and oxygen atoms in total. The third-order valence-electron chi connectivity index (χ3n) is 2.08. The monoisotopic (exact) mass is 212 g/mol. The van der Waals surface area contributed by atoms with E-state index in [2.05, 4.69) is 18.7 Å². The molecule has 0 aliphatic rings. The molecule has 0 amide bonds. The molecule has 1 aromatic rings. The second kappa shape index (κ2) is 4.56. The maximum atomic E-state index is 5.94. The maximum absolute atomic E-state index is 5.94. The van der Waals surface area contributed by atoms with E-state index in [-0.39, 0.29) is 0 Å². The van der Waals surface area contributed by atoms with E-state index in [0.717, 1.165) is 12.2 Å².